The zero-order valence-corrected chi connectivity index (χ0v) is 81.5. The molecule has 2 aliphatic heterocycles. The molecule has 4 aromatic rings. The van der Waals surface area contributed by atoms with E-state index in [1.165, 1.54) is 150 Å². The van der Waals surface area contributed by atoms with Gasteiger partial charge in [-0.1, -0.05) is 202 Å². The molecule has 0 saturated carbocycles. The topological polar surface area (TPSA) is 787 Å². The molecular formula is C78H131N14O36P6-7. The van der Waals surface area contributed by atoms with Gasteiger partial charge >= 0.3 is 1.43 Å². The van der Waals surface area contributed by atoms with Crippen molar-refractivity contribution < 1.29 is 172 Å². The third-order valence-corrected chi connectivity index (χ3v) is 27.6. The molecule has 56 heteroatoms. The highest BCUT2D eigenvalue weighted by Gasteiger charge is 2.50. The molecule has 0 radical (unpaired) electrons. The Kier molecular flexibility index (Phi) is 51.6. The predicted octanol–water partition coefficient (Wildman–Crippen LogP) is 2.46. The minimum atomic E-state index is -5.94. The maximum absolute atomic E-state index is 12.6. The number of nitrogens with two attached hydrogens (primary N) is 2. The average molecular weight is 2030 g/mol. The summed E-state index contributed by atoms with van der Waals surface area (Å²) in [6.07, 6.45) is 15.5. The molecule has 4 amide bonds. The average Bonchev–Trinajstić information content (AvgIpc) is 1.62. The fourth-order valence-electron chi connectivity index (χ4n) is 14.1. The number of aliphatic hydroxyl groups excluding tert-OH is 5. The second kappa shape index (κ2) is 58.3. The molecule has 2 aliphatic rings. The van der Waals surface area contributed by atoms with Crippen LogP contribution < -0.4 is 71.9 Å². The number of ketones is 3. The number of unbranched alkanes of at least 4 members (excludes halogenated alkanes) is 24. The number of Topliss-reactive ketones (excluding diaryl/α,β-unsaturated/α-hetero) is 3. The van der Waals surface area contributed by atoms with Gasteiger partial charge in [-0.3, -0.25) is 61.0 Å². The van der Waals surface area contributed by atoms with Gasteiger partial charge in [0.2, 0.25) is 23.6 Å². The van der Waals surface area contributed by atoms with Crippen LogP contribution in [0.4, 0.5) is 11.6 Å². The number of imidazole rings is 2. The van der Waals surface area contributed by atoms with Crippen molar-refractivity contribution >= 4 is 122 Å². The van der Waals surface area contributed by atoms with Gasteiger partial charge in [-0.05, 0) is 12.8 Å². The summed E-state index contributed by atoms with van der Waals surface area (Å²) in [4.78, 5) is 206. The quantitative estimate of drug-likeness (QED) is 0.0172. The first-order chi connectivity index (χ1) is 62.9. The van der Waals surface area contributed by atoms with Crippen LogP contribution in [0, 0.1) is 10.8 Å². The van der Waals surface area contributed by atoms with Gasteiger partial charge in [0, 0.05) is 75.5 Å². The molecule has 0 spiro atoms. The zero-order valence-electron chi connectivity index (χ0n) is 77.2. The molecule has 6 heterocycles. The number of aliphatic hydroxyl groups is 5. The molecule has 15 atom stereocenters. The van der Waals surface area contributed by atoms with Crippen molar-refractivity contribution in [1.29, 1.82) is 0 Å². The van der Waals surface area contributed by atoms with E-state index in [1.54, 1.807) is 0 Å². The van der Waals surface area contributed by atoms with E-state index in [-0.39, 0.29) is 117 Å². The maximum atomic E-state index is 12.6. The van der Waals surface area contributed by atoms with E-state index in [4.69, 9.17) is 20.9 Å². The lowest BCUT2D eigenvalue weighted by atomic mass is 9.87. The van der Waals surface area contributed by atoms with Gasteiger partial charge in [-0.15, -0.1) is 0 Å². The molecule has 134 heavy (non-hydrogen) atoms. The molecule has 15 unspecified atom stereocenters. The fourth-order valence-corrected chi connectivity index (χ4v) is 19.6. The van der Waals surface area contributed by atoms with Crippen LogP contribution >= 0.6 is 46.9 Å². The van der Waals surface area contributed by atoms with Gasteiger partial charge in [0.1, 0.15) is 89.9 Å². The smallest absolute Gasteiger partial charge is 0.790 e. The van der Waals surface area contributed by atoms with Gasteiger partial charge < -0.3 is 143 Å². The molecule has 4 aromatic heterocycles. The molecule has 2 fully saturated rings. The number of carbonyl (C=O) groups is 7. The summed E-state index contributed by atoms with van der Waals surface area (Å²) in [6.45, 7) is 4.05. The fraction of sp³-hybridized carbons (Fsp3) is 0.782. The summed E-state index contributed by atoms with van der Waals surface area (Å²) < 4.78 is 122. The number of nitrogens with one attached hydrogen (secondary N) is 4. The van der Waals surface area contributed by atoms with Crippen LogP contribution in [0.15, 0.2) is 25.3 Å². The molecule has 766 valence electrons. The SMILES string of the molecule is CCCCCCCCCCCCCCCC(=O)CC(=O)CCNC(=O)CCNC(=O)C(O)C(C)(C)COP(=O)([O-])OP(=O)([O-])OCC1OC(n2cnc3c(N)ncnc32)C(O)C1OP(=O)([O-])[O-].CCCCCCCCCCCCCCCC(O)CC(=O)CCNC(=O)CCNC(=O)C(O)C(C)(C)COP(=O)([O-])OP(=O)([O-])OCC1OC(n2cnc3c(N)ncnc32)C(O)C1OP(=O)([O-])[O-].[H+]. The monoisotopic (exact) mass is 2030 g/mol. The Morgan fingerprint density at radius 3 is 1.13 bits per heavy atom. The number of aromatic nitrogens is 8. The number of nitrogens with zero attached hydrogens (tertiary/aromatic N) is 8. The standard InChI is InChI=1S/C39H70N7O18P3.C39H68N7O18P3/c2*1-4-5-6-7-8-9-10-11-12-13-14-15-16-17-27(47)22-28(48)18-20-41-30(49)19-21-42-37(52)34(51)39(2,3)24-61-67(58,59)64-66(56,57)60-23-29-33(63-65(53,54)55)32(50)38(62-29)46-26-45-31-35(40)43-25-44-36(31)46/h25-27,29,32-34,38,47,50-51H,4-24H2,1-3H3,(H,41,49)(H,42,52)(H,56,57)(H,58,59)(H2,40,43,44)(H2,53,54,55);25-26,29,32-34,38,50-51H,4-24H2,1-3H3,(H,41,49)(H,42,52)(H,56,57)(H,58,59)(H2,40,43,44)(H2,53,54,55)/p-7. The number of hydrogen-bond donors (Lipinski definition) is 11. The van der Waals surface area contributed by atoms with Crippen molar-refractivity contribution in [3.05, 3.63) is 25.3 Å². The van der Waals surface area contributed by atoms with Crippen LogP contribution in [0.2, 0.25) is 0 Å². The lowest BCUT2D eigenvalue weighted by molar-refractivity contribution is -0.348. The van der Waals surface area contributed by atoms with Crippen molar-refractivity contribution in [3.8, 4) is 0 Å². The van der Waals surface area contributed by atoms with Crippen LogP contribution in [-0.4, -0.2) is 213 Å². The second-order valence-electron chi connectivity index (χ2n) is 34.1. The van der Waals surface area contributed by atoms with E-state index in [9.17, 15) is 126 Å². The van der Waals surface area contributed by atoms with E-state index in [0.717, 1.165) is 79.4 Å². The Bertz CT molecular complexity index is 4630. The third kappa shape index (κ3) is 44.7. The first-order valence-corrected chi connectivity index (χ1v) is 53.5. The van der Waals surface area contributed by atoms with Crippen LogP contribution in [0.25, 0.3) is 22.3 Å². The summed E-state index contributed by atoms with van der Waals surface area (Å²) in [6, 6.07) is 0. The maximum Gasteiger partial charge on any atom is 1.00 e. The van der Waals surface area contributed by atoms with E-state index in [1.807, 2.05) is 0 Å². The van der Waals surface area contributed by atoms with Gasteiger partial charge in [-0.25, -0.2) is 38.5 Å². The van der Waals surface area contributed by atoms with E-state index < -0.39 is 175 Å². The number of phosphoric ester groups is 6. The van der Waals surface area contributed by atoms with Gasteiger partial charge in [0.25, 0.3) is 31.3 Å². The zero-order chi connectivity index (χ0) is 99.7. The predicted molar refractivity (Wildman–Crippen MR) is 463 cm³/mol. The Balaban J connectivity index is 0.000000560. The summed E-state index contributed by atoms with van der Waals surface area (Å²) in [5.41, 5.74) is 8.10. The lowest BCUT2D eigenvalue weighted by Crippen LogP contribution is -2.46. The summed E-state index contributed by atoms with van der Waals surface area (Å²) >= 11 is 0. The molecule has 6 rings (SSSR count). The lowest BCUT2D eigenvalue weighted by Gasteiger charge is -2.36. The molecule has 0 aromatic carbocycles. The number of carbonyl (C=O) groups excluding carboxylic acids is 7. The highest BCUT2D eigenvalue weighted by Crippen LogP contribution is 2.58. The molecule has 0 aliphatic carbocycles. The normalized spacial score (nSPS) is 20.3. The van der Waals surface area contributed by atoms with Crippen LogP contribution in [0.3, 0.4) is 0 Å². The Labute approximate surface area is 778 Å². The van der Waals surface area contributed by atoms with Gasteiger partial charge in [-0.2, -0.15) is 0 Å². The number of rotatable bonds is 70. The molecule has 2 saturated heterocycles. The largest absolute Gasteiger partial charge is 1.00 e. The summed E-state index contributed by atoms with van der Waals surface area (Å²) in [5.74, 6) is -3.97. The van der Waals surface area contributed by atoms with Gasteiger partial charge in [0.15, 0.2) is 35.4 Å². The number of anilines is 2. The highest BCUT2D eigenvalue weighted by atomic mass is 31.3. The molecular weight excluding hydrogens is 1890 g/mol. The van der Waals surface area contributed by atoms with E-state index >= 15 is 0 Å². The van der Waals surface area contributed by atoms with Crippen molar-refractivity contribution in [2.24, 2.45) is 10.8 Å². The summed E-state index contributed by atoms with van der Waals surface area (Å²) in [5, 5.41) is 62.8. The van der Waals surface area contributed by atoms with Crippen LogP contribution in [-0.2, 0) is 106 Å². The number of fused-ring (bicyclic) bond motifs is 2. The first-order valence-electron chi connectivity index (χ1n) is 44.8. The first kappa shape index (κ1) is 119. The summed E-state index contributed by atoms with van der Waals surface area (Å²) in [7, 11) is -35.3. The van der Waals surface area contributed by atoms with Crippen molar-refractivity contribution in [2.45, 2.75) is 327 Å². The number of ether oxygens (including phenoxy) is 2. The third-order valence-electron chi connectivity index (χ3n) is 21.6. The van der Waals surface area contributed by atoms with Crippen molar-refractivity contribution in [3.63, 3.8) is 0 Å². The van der Waals surface area contributed by atoms with Crippen molar-refractivity contribution in [2.75, 3.05) is 64.1 Å². The Morgan fingerprint density at radius 2 is 0.769 bits per heavy atom. The molecule has 13 N–H and O–H groups in total. The number of nitrogen functional groups attached to an aromatic ring is 2. The van der Waals surface area contributed by atoms with E-state index in [2.05, 4.69) is 101 Å². The molecule has 50 nitrogen and oxygen atoms in total. The number of amides is 4. The minimum absolute atomic E-state index is 0. The van der Waals surface area contributed by atoms with Crippen LogP contribution in [0.1, 0.15) is 274 Å². The van der Waals surface area contributed by atoms with E-state index in [0.29, 0.717) is 12.8 Å². The minimum Gasteiger partial charge on any atom is -0.790 e. The van der Waals surface area contributed by atoms with Crippen molar-refractivity contribution in [1.82, 2.24) is 60.3 Å². The number of hydrogen-bond acceptors (Lipinski definition) is 44. The second-order valence-corrected chi connectivity index (χ2v) is 42.3. The Morgan fingerprint density at radius 1 is 0.448 bits per heavy atom. The Hall–Kier alpha value is -5.95. The molecule has 0 bridgehead atoms. The number of phosphoric acid groups is 6. The highest BCUT2D eigenvalue weighted by molar-refractivity contribution is 7.60. The van der Waals surface area contributed by atoms with Crippen LogP contribution in [0.5, 0.6) is 0 Å². The van der Waals surface area contributed by atoms with Gasteiger partial charge in [0.05, 0.1) is 67.3 Å².